The number of amides is 3. The second-order valence-corrected chi connectivity index (χ2v) is 12.5. The first kappa shape index (κ1) is 30.0. The van der Waals surface area contributed by atoms with Gasteiger partial charge in [-0.05, 0) is 84.2 Å². The summed E-state index contributed by atoms with van der Waals surface area (Å²) in [6.07, 6.45) is 4.10. The van der Waals surface area contributed by atoms with Crippen LogP contribution >= 0.6 is 0 Å². The molecule has 3 aliphatic rings. The van der Waals surface area contributed by atoms with Gasteiger partial charge in [-0.25, -0.2) is 13.6 Å². The lowest BCUT2D eigenvalue weighted by atomic mass is 9.86. The van der Waals surface area contributed by atoms with Gasteiger partial charge in [0.1, 0.15) is 0 Å². The molecule has 1 N–H and O–H groups in total. The van der Waals surface area contributed by atoms with E-state index in [9.17, 15) is 18.4 Å². The fourth-order valence-corrected chi connectivity index (χ4v) is 7.36. The van der Waals surface area contributed by atoms with E-state index in [4.69, 9.17) is 0 Å². The van der Waals surface area contributed by atoms with E-state index in [1.807, 2.05) is 41.3 Å². The first-order valence-electron chi connectivity index (χ1n) is 16.0. The van der Waals surface area contributed by atoms with Crippen molar-refractivity contribution in [3.05, 3.63) is 100 Å². The minimum absolute atomic E-state index is 0.00566. The Bertz CT molecular complexity index is 1780. The van der Waals surface area contributed by atoms with E-state index in [0.717, 1.165) is 53.7 Å². The molecular formula is C36H38F2N6O2. The molecule has 3 aliphatic heterocycles. The lowest BCUT2D eigenvalue weighted by Gasteiger charge is -2.36. The molecule has 1 saturated heterocycles. The quantitative estimate of drug-likeness (QED) is 0.266. The van der Waals surface area contributed by atoms with Crippen LogP contribution in [0.3, 0.4) is 0 Å². The Labute approximate surface area is 267 Å². The molecule has 238 valence electrons. The fraction of sp³-hybridized carbons (Fsp3) is 0.361. The Morgan fingerprint density at radius 1 is 0.935 bits per heavy atom. The van der Waals surface area contributed by atoms with Crippen molar-refractivity contribution in [1.82, 2.24) is 24.9 Å². The van der Waals surface area contributed by atoms with Gasteiger partial charge in [0.25, 0.3) is 12.3 Å². The van der Waals surface area contributed by atoms with Crippen molar-refractivity contribution in [2.75, 3.05) is 31.6 Å². The number of likely N-dealkylation sites (tertiary alicyclic amines) is 1. The number of carbonyl (C=O) groups excluding carboxylic acids is 2. The van der Waals surface area contributed by atoms with Crippen LogP contribution in [0.15, 0.2) is 67.0 Å². The Morgan fingerprint density at radius 3 is 2.41 bits per heavy atom. The second kappa shape index (κ2) is 12.2. The van der Waals surface area contributed by atoms with Gasteiger partial charge >= 0.3 is 6.03 Å². The van der Waals surface area contributed by atoms with E-state index in [2.05, 4.69) is 27.4 Å². The molecule has 7 rings (SSSR count). The molecule has 4 aromatic rings. The van der Waals surface area contributed by atoms with Gasteiger partial charge in [0, 0.05) is 80.1 Å². The van der Waals surface area contributed by atoms with Crippen molar-refractivity contribution in [2.24, 2.45) is 7.05 Å². The summed E-state index contributed by atoms with van der Waals surface area (Å²) in [5, 5.41) is 6.97. The first-order valence-corrected chi connectivity index (χ1v) is 16.0. The number of alkyl halides is 2. The number of hydrogen-bond donors (Lipinski definition) is 1. The number of aryl methyl sites for hydroxylation is 2. The highest BCUT2D eigenvalue weighted by molar-refractivity contribution is 5.94. The van der Waals surface area contributed by atoms with Gasteiger partial charge in [0.05, 0.1) is 12.7 Å². The summed E-state index contributed by atoms with van der Waals surface area (Å²) in [5.74, 6) is 0.298. The maximum atomic E-state index is 14.6. The number of nitrogens with zero attached hydrogens (tertiary/aromatic N) is 5. The van der Waals surface area contributed by atoms with E-state index < -0.39 is 6.43 Å². The third-order valence-corrected chi connectivity index (χ3v) is 9.74. The predicted octanol–water partition coefficient (Wildman–Crippen LogP) is 6.78. The van der Waals surface area contributed by atoms with E-state index in [-0.39, 0.29) is 23.4 Å². The van der Waals surface area contributed by atoms with Crippen LogP contribution in [0.1, 0.15) is 69.8 Å². The van der Waals surface area contributed by atoms with Gasteiger partial charge in [-0.2, -0.15) is 5.10 Å². The SMILES string of the molecule is CNC(=O)N1Cc2cc(C3CCN(C(=O)c4ccccc4)CC3)cc(N3CCCc4cc(-c5cnn(C)c5)c(C(F)F)cc43)c2C1. The third kappa shape index (κ3) is 5.50. The van der Waals surface area contributed by atoms with Crippen LogP contribution in [0, 0.1) is 0 Å². The van der Waals surface area contributed by atoms with Gasteiger partial charge < -0.3 is 20.0 Å². The zero-order chi connectivity index (χ0) is 31.9. The Morgan fingerprint density at radius 2 is 1.72 bits per heavy atom. The summed E-state index contributed by atoms with van der Waals surface area (Å²) in [4.78, 5) is 31.8. The standard InChI is InChI=1S/C36H38F2N6O2/c1-39-36(46)43-21-27-15-26(23-10-13-42(14-11-23)35(45)24-7-4-3-5-8-24)17-33(31(27)22-43)44-12-6-9-25-16-29(28-19-40-41(2)20-28)30(34(37)38)18-32(25)44/h3-5,7-8,15-20,23,34H,6,9-14,21-22H2,1-2H3,(H,39,46). The molecule has 4 heterocycles. The summed E-state index contributed by atoms with van der Waals surface area (Å²) in [6, 6.07) is 17.3. The van der Waals surface area contributed by atoms with Crippen LogP contribution in [-0.2, 0) is 26.6 Å². The van der Waals surface area contributed by atoms with Crippen LogP contribution in [0.5, 0.6) is 0 Å². The topological polar surface area (TPSA) is 73.7 Å². The van der Waals surface area contributed by atoms with Gasteiger partial charge in [-0.15, -0.1) is 0 Å². The van der Waals surface area contributed by atoms with Crippen molar-refractivity contribution in [1.29, 1.82) is 0 Å². The number of piperidine rings is 1. The van der Waals surface area contributed by atoms with Crippen molar-refractivity contribution >= 4 is 23.3 Å². The van der Waals surface area contributed by atoms with Crippen molar-refractivity contribution in [2.45, 2.75) is 51.1 Å². The van der Waals surface area contributed by atoms with Gasteiger partial charge in [-0.3, -0.25) is 9.48 Å². The lowest BCUT2D eigenvalue weighted by Crippen LogP contribution is -2.38. The van der Waals surface area contributed by atoms with Crippen molar-refractivity contribution < 1.29 is 18.4 Å². The van der Waals surface area contributed by atoms with Crippen molar-refractivity contribution in [3.63, 3.8) is 0 Å². The van der Waals surface area contributed by atoms with Crippen molar-refractivity contribution in [3.8, 4) is 11.1 Å². The maximum Gasteiger partial charge on any atom is 0.317 e. The highest BCUT2D eigenvalue weighted by atomic mass is 19.3. The number of urea groups is 1. The van der Waals surface area contributed by atoms with E-state index in [0.29, 0.717) is 49.4 Å². The summed E-state index contributed by atoms with van der Waals surface area (Å²) in [7, 11) is 3.42. The van der Waals surface area contributed by atoms with Gasteiger partial charge in [0.2, 0.25) is 0 Å². The Hall–Kier alpha value is -4.73. The molecule has 0 saturated carbocycles. The summed E-state index contributed by atoms with van der Waals surface area (Å²) >= 11 is 0. The second-order valence-electron chi connectivity index (χ2n) is 12.5. The first-order chi connectivity index (χ1) is 22.3. The molecule has 1 fully saturated rings. The average molecular weight is 625 g/mol. The van der Waals surface area contributed by atoms with E-state index in [1.54, 1.807) is 42.1 Å². The predicted molar refractivity (Wildman–Crippen MR) is 173 cm³/mol. The molecule has 0 bridgehead atoms. The molecule has 3 aromatic carbocycles. The van der Waals surface area contributed by atoms with Crippen LogP contribution in [0.4, 0.5) is 25.0 Å². The molecule has 0 aliphatic carbocycles. The Balaban J connectivity index is 1.25. The van der Waals surface area contributed by atoms with Gasteiger partial charge in [0.15, 0.2) is 0 Å². The number of nitrogens with one attached hydrogen (secondary N) is 1. The van der Waals surface area contributed by atoms with E-state index >= 15 is 0 Å². The Kier molecular flexibility index (Phi) is 7.96. The molecule has 10 heteroatoms. The molecule has 3 amide bonds. The van der Waals surface area contributed by atoms with Crippen LogP contribution < -0.4 is 10.2 Å². The molecule has 0 unspecified atom stereocenters. The number of hydrogen-bond acceptors (Lipinski definition) is 4. The number of halogens is 2. The number of aromatic nitrogens is 2. The number of benzene rings is 3. The van der Waals surface area contributed by atoms with E-state index in [1.165, 1.54) is 5.56 Å². The zero-order valence-corrected chi connectivity index (χ0v) is 26.2. The maximum absolute atomic E-state index is 14.6. The monoisotopic (exact) mass is 624 g/mol. The lowest BCUT2D eigenvalue weighted by molar-refractivity contribution is 0.0713. The third-order valence-electron chi connectivity index (χ3n) is 9.74. The normalized spacial score (nSPS) is 16.5. The molecule has 0 radical (unpaired) electrons. The number of carbonyl (C=O) groups is 2. The molecule has 0 atom stereocenters. The van der Waals surface area contributed by atoms with Crippen LogP contribution in [-0.4, -0.2) is 58.2 Å². The fourth-order valence-electron chi connectivity index (χ4n) is 7.36. The molecule has 1 aromatic heterocycles. The number of rotatable bonds is 5. The number of fused-ring (bicyclic) bond motifs is 2. The molecule has 0 spiro atoms. The highest BCUT2D eigenvalue weighted by Crippen LogP contribution is 2.45. The molecule has 8 nitrogen and oxygen atoms in total. The largest absolute Gasteiger partial charge is 0.341 e. The minimum Gasteiger partial charge on any atom is -0.341 e. The summed E-state index contributed by atoms with van der Waals surface area (Å²) in [5.41, 5.74) is 8.04. The average Bonchev–Trinajstić information content (AvgIpc) is 3.73. The number of anilines is 2. The van der Waals surface area contributed by atoms with Gasteiger partial charge in [-0.1, -0.05) is 24.3 Å². The molecule has 46 heavy (non-hydrogen) atoms. The highest BCUT2D eigenvalue weighted by Gasteiger charge is 2.33. The van der Waals surface area contributed by atoms with Crippen LogP contribution in [0.2, 0.25) is 0 Å². The van der Waals surface area contributed by atoms with Crippen LogP contribution in [0.25, 0.3) is 11.1 Å². The summed E-state index contributed by atoms with van der Waals surface area (Å²) < 4.78 is 30.8. The summed E-state index contributed by atoms with van der Waals surface area (Å²) in [6.45, 7) is 2.97. The zero-order valence-electron chi connectivity index (χ0n) is 26.2. The minimum atomic E-state index is -2.64. The molecular weight excluding hydrogens is 586 g/mol. The smallest absolute Gasteiger partial charge is 0.317 e.